The Hall–Kier alpha value is -6.68. The summed E-state index contributed by atoms with van der Waals surface area (Å²) in [5, 5.41) is 29.2. The van der Waals surface area contributed by atoms with Crippen molar-refractivity contribution in [3.8, 4) is 0 Å². The zero-order chi connectivity index (χ0) is 58.1. The van der Waals surface area contributed by atoms with Crippen molar-refractivity contribution in [1.29, 1.82) is 0 Å². The van der Waals surface area contributed by atoms with Gasteiger partial charge in [0.1, 0.15) is 41.2 Å². The largest absolute Gasteiger partial charge is 0.461 e. The summed E-state index contributed by atoms with van der Waals surface area (Å²) in [5.41, 5.74) is -9.38. The first kappa shape index (κ1) is 61.0. The number of carbonyl (C=O) groups excluding carboxylic acids is 6. The number of ketones is 1. The number of esters is 4. The van der Waals surface area contributed by atoms with E-state index >= 15 is 4.79 Å². The summed E-state index contributed by atoms with van der Waals surface area (Å²) >= 11 is 0. The van der Waals surface area contributed by atoms with E-state index < -0.39 is 118 Å². The lowest BCUT2D eigenvalue weighted by atomic mass is 9.30. The number of Topliss-reactive ketones (excluding diaryl/α,β-unsaturated/α-hetero) is 1. The van der Waals surface area contributed by atoms with Gasteiger partial charge in [0.15, 0.2) is 11.4 Å². The van der Waals surface area contributed by atoms with E-state index in [1.807, 2.05) is 18.2 Å². The number of carbonyl (C=O) groups is 6. The number of ether oxygens (including phenoxy) is 6. The third kappa shape index (κ3) is 12.0. The van der Waals surface area contributed by atoms with Crippen LogP contribution in [0, 0.1) is 22.7 Å². The Bertz CT molecular complexity index is 2810. The van der Waals surface area contributed by atoms with Crippen molar-refractivity contribution >= 4 is 35.8 Å². The second-order valence-corrected chi connectivity index (χ2v) is 23.1. The van der Waals surface area contributed by atoms with Gasteiger partial charge in [-0.2, -0.15) is 0 Å². The van der Waals surface area contributed by atoms with Crippen LogP contribution in [0.4, 0.5) is 4.79 Å². The fourth-order valence-electron chi connectivity index (χ4n) is 12.8. The maximum absolute atomic E-state index is 15.7. The molecule has 0 spiro atoms. The van der Waals surface area contributed by atoms with E-state index in [4.69, 9.17) is 28.4 Å². The van der Waals surface area contributed by atoms with Crippen molar-refractivity contribution in [2.75, 3.05) is 6.61 Å². The maximum atomic E-state index is 15.7. The van der Waals surface area contributed by atoms with Gasteiger partial charge in [-0.25, -0.2) is 9.59 Å². The van der Waals surface area contributed by atoms with Gasteiger partial charge < -0.3 is 44.0 Å². The molecule has 3 unspecified atom stereocenters. The number of allylic oxidation sites excluding steroid dienone is 12. The first-order valence-electron chi connectivity index (χ1n) is 28.1. The lowest BCUT2D eigenvalue weighted by molar-refractivity contribution is -0.376. The first-order chi connectivity index (χ1) is 38.0. The zero-order valence-corrected chi connectivity index (χ0v) is 47.8. The molecule has 1 amide bonds. The molecule has 3 saturated carbocycles. The summed E-state index contributed by atoms with van der Waals surface area (Å²) in [6, 6.07) is 15.9. The highest BCUT2D eigenvalue weighted by molar-refractivity contribution is 5.96. The van der Waals surface area contributed by atoms with Crippen LogP contribution >= 0.6 is 0 Å². The normalized spacial score (nSPS) is 30.6. The predicted octanol–water partition coefficient (Wildman–Crippen LogP) is 10.9. The molecule has 4 aliphatic carbocycles. The van der Waals surface area contributed by atoms with Gasteiger partial charge in [0, 0.05) is 26.2 Å². The minimum Gasteiger partial charge on any atom is -0.461 e. The van der Waals surface area contributed by atoms with Crippen LogP contribution in [0.2, 0.25) is 0 Å². The number of hydrogen-bond acceptors (Lipinski definition) is 14. The van der Waals surface area contributed by atoms with E-state index in [9.17, 15) is 34.2 Å². The summed E-state index contributed by atoms with van der Waals surface area (Å²) in [5.74, 6) is -6.53. The molecule has 1 aliphatic heterocycles. The van der Waals surface area contributed by atoms with Gasteiger partial charge >= 0.3 is 30.0 Å². The average Bonchev–Trinajstić information content (AvgIpc) is 1.36. The Kier molecular flexibility index (Phi) is 19.4. The minimum absolute atomic E-state index is 0.0415. The number of rotatable bonds is 23. The number of alkyl carbamates (subject to hydrolysis) is 1. The van der Waals surface area contributed by atoms with Crippen LogP contribution in [0.25, 0.3) is 0 Å². The van der Waals surface area contributed by atoms with E-state index in [2.05, 4.69) is 66.9 Å². The Morgan fingerprint density at radius 2 is 1.35 bits per heavy atom. The highest BCUT2D eigenvalue weighted by Gasteiger charge is 2.89. The molecule has 2 aromatic carbocycles. The van der Waals surface area contributed by atoms with Crippen molar-refractivity contribution in [2.24, 2.45) is 22.7 Å². The van der Waals surface area contributed by atoms with Gasteiger partial charge in [-0.15, -0.1) is 0 Å². The van der Waals surface area contributed by atoms with E-state index in [1.54, 1.807) is 90.1 Å². The van der Waals surface area contributed by atoms with Crippen LogP contribution in [-0.2, 0) is 47.6 Å². The second kappa shape index (κ2) is 25.4. The van der Waals surface area contributed by atoms with Crippen molar-refractivity contribution in [2.45, 2.75) is 179 Å². The number of fused-ring (bicyclic) bond motifs is 3. The molecule has 4 fully saturated rings. The quantitative estimate of drug-likeness (QED) is 0.0537. The van der Waals surface area contributed by atoms with Gasteiger partial charge in [-0.3, -0.25) is 19.2 Å². The van der Waals surface area contributed by atoms with Gasteiger partial charge in [0.05, 0.1) is 40.9 Å². The third-order valence-electron chi connectivity index (χ3n) is 16.8. The average molecular weight is 1100 g/mol. The molecule has 3 N–H and O–H groups in total. The molecule has 430 valence electrons. The van der Waals surface area contributed by atoms with E-state index in [1.165, 1.54) is 26.0 Å². The topological polar surface area (TPSA) is 210 Å². The fourth-order valence-corrected chi connectivity index (χ4v) is 12.8. The third-order valence-corrected chi connectivity index (χ3v) is 16.8. The molecular weight excluding hydrogens is 1020 g/mol. The molecule has 0 aromatic heterocycles. The van der Waals surface area contributed by atoms with Crippen molar-refractivity contribution in [3.05, 3.63) is 156 Å². The lowest BCUT2D eigenvalue weighted by Crippen LogP contribution is -2.90. The van der Waals surface area contributed by atoms with Crippen LogP contribution in [-0.4, -0.2) is 99.4 Å². The summed E-state index contributed by atoms with van der Waals surface area (Å²) in [4.78, 5) is 85.5. The van der Waals surface area contributed by atoms with Crippen molar-refractivity contribution in [1.82, 2.24) is 5.32 Å². The number of hydrogen-bond donors (Lipinski definition) is 3. The molecule has 5 aliphatic rings. The zero-order valence-electron chi connectivity index (χ0n) is 47.8. The first-order valence-corrected chi connectivity index (χ1v) is 28.1. The molecule has 12 atom stereocenters. The summed E-state index contributed by atoms with van der Waals surface area (Å²) in [6.07, 6.45) is 23.2. The van der Waals surface area contributed by atoms with Crippen LogP contribution in [0.15, 0.2) is 145 Å². The highest BCUT2D eigenvalue weighted by Crippen LogP contribution is 2.78. The SMILES string of the molecule is CC/C=C\C/C=C\C/C=C\C/C=C\C/C=C\C/C=C\CCC(=O)O[C@H]1C[C@H]2OC[C@@]2(OC(C)=O)[C@H]2[C@H](OC(=O)c3ccccc3)[C@]3(O)CC4(OC(=O)[C@H](C)C(NC(=O)OC(C)(C)C)c5ccccc5)C(C)=C([C@@H](O)C(=O)[C@]12C)C43C. The van der Waals surface area contributed by atoms with E-state index in [0.29, 0.717) is 18.4 Å². The molecule has 1 heterocycles. The molecule has 1 saturated heterocycles. The number of benzene rings is 2. The molecule has 7 rings (SSSR count). The smallest absolute Gasteiger partial charge is 0.408 e. The number of nitrogens with one attached hydrogen (secondary N) is 1. The monoisotopic (exact) mass is 1100 g/mol. The summed E-state index contributed by atoms with van der Waals surface area (Å²) in [7, 11) is 0. The van der Waals surface area contributed by atoms with Crippen LogP contribution in [0.3, 0.4) is 0 Å². The van der Waals surface area contributed by atoms with Crippen LogP contribution in [0.5, 0.6) is 0 Å². The highest BCUT2D eigenvalue weighted by atomic mass is 16.6. The Labute approximate surface area is 471 Å². The Morgan fingerprint density at radius 1 is 0.800 bits per heavy atom. The molecule has 0 radical (unpaired) electrons. The van der Waals surface area contributed by atoms with Crippen LogP contribution in [0.1, 0.15) is 148 Å². The Balaban J connectivity index is 1.14. The number of amides is 1. The van der Waals surface area contributed by atoms with Crippen molar-refractivity contribution < 1.29 is 67.4 Å². The molecular formula is C65H81NO14. The minimum atomic E-state index is -2.26. The summed E-state index contributed by atoms with van der Waals surface area (Å²) in [6.45, 7) is 14.4. The molecule has 2 aromatic rings. The van der Waals surface area contributed by atoms with Gasteiger partial charge in [-0.1, -0.05) is 128 Å². The maximum Gasteiger partial charge on any atom is 0.408 e. The van der Waals surface area contributed by atoms with Gasteiger partial charge in [0.25, 0.3) is 0 Å². The second-order valence-electron chi connectivity index (χ2n) is 23.1. The number of aliphatic hydroxyl groups is 2. The molecule has 0 bridgehead atoms. The van der Waals surface area contributed by atoms with E-state index in [-0.39, 0.29) is 36.2 Å². The van der Waals surface area contributed by atoms with Crippen LogP contribution < -0.4 is 5.32 Å². The summed E-state index contributed by atoms with van der Waals surface area (Å²) < 4.78 is 37.3. The van der Waals surface area contributed by atoms with E-state index in [0.717, 1.165) is 32.1 Å². The van der Waals surface area contributed by atoms with Gasteiger partial charge in [0.2, 0.25) is 0 Å². The lowest BCUT2D eigenvalue weighted by Gasteiger charge is -2.78. The number of aliphatic hydroxyl groups excluding tert-OH is 1. The molecule has 80 heavy (non-hydrogen) atoms. The fraction of sp³-hybridized carbons (Fsp3) is 0.508. The molecule has 15 nitrogen and oxygen atoms in total. The predicted molar refractivity (Wildman–Crippen MR) is 301 cm³/mol. The Morgan fingerprint density at radius 3 is 1.88 bits per heavy atom. The molecule has 15 heteroatoms. The van der Waals surface area contributed by atoms with Gasteiger partial charge in [-0.05, 0) is 122 Å². The standard InChI is InChI=1S/C65H81NO14/c1-10-11-12-13-14-15-16-17-18-19-20-21-22-23-24-25-26-27-34-39-50(68)76-48-40-49-63(42-75-49,78-45(4)67)54-56(77-58(72)47-37-32-29-33-38-47)64(74)41-65(44(3)51(62(64,65)9)53(69)55(70)61(48,54)8)79-57(71)43(2)52(46-35-30-28-31-36-46)66-59(73)80-60(5,6)7/h11-12,14-15,17-18,20-21,23-24,26-33,35-38,43,48-49,52-54,56,69,74H,10,13,16,19,22,25,34,39-42H2,1-9H3,(H,66,73)/b12-11-,15-14-,18-17-,21-20-,24-23-,27-26-/t43-,48+,49-,52?,53-,54+,56+,61-,62?,63+,64-,65?/m1/s1. The van der Waals surface area contributed by atoms with Crippen molar-refractivity contribution in [3.63, 3.8) is 0 Å².